The molecule has 0 aliphatic heterocycles. The summed E-state index contributed by atoms with van der Waals surface area (Å²) in [6.45, 7) is 3.77. The molecular formula is C19H18FN7OS. The first-order chi connectivity index (χ1) is 13.9. The fraction of sp³-hybridized carbons (Fsp3) is 0.211. The van der Waals surface area contributed by atoms with Crippen LogP contribution in [0.15, 0.2) is 46.7 Å². The molecule has 0 spiro atoms. The van der Waals surface area contributed by atoms with Gasteiger partial charge in [0, 0.05) is 35.7 Å². The summed E-state index contributed by atoms with van der Waals surface area (Å²) in [6, 6.07) is 6.14. The number of aromatic nitrogens is 6. The number of nitrogens with zero attached hydrogens (tertiary/aromatic N) is 6. The first-order valence-electron chi connectivity index (χ1n) is 8.83. The summed E-state index contributed by atoms with van der Waals surface area (Å²) in [6.07, 6.45) is 3.44. The van der Waals surface area contributed by atoms with Crippen molar-refractivity contribution in [1.29, 1.82) is 0 Å². The zero-order valence-electron chi connectivity index (χ0n) is 16.0. The largest absolute Gasteiger partial charge is 0.329 e. The fourth-order valence-corrected chi connectivity index (χ4v) is 3.73. The van der Waals surface area contributed by atoms with Crippen molar-refractivity contribution in [2.75, 3.05) is 5.32 Å². The molecule has 0 saturated heterocycles. The number of fused-ring (bicyclic) bond motifs is 1. The highest BCUT2D eigenvalue weighted by Crippen LogP contribution is 2.33. The van der Waals surface area contributed by atoms with Crippen molar-refractivity contribution in [3.05, 3.63) is 59.7 Å². The lowest BCUT2D eigenvalue weighted by Crippen LogP contribution is -2.16. The number of rotatable bonds is 5. The third kappa shape index (κ3) is 4.11. The van der Waals surface area contributed by atoms with E-state index in [1.165, 1.54) is 23.9 Å². The molecule has 3 aromatic heterocycles. The van der Waals surface area contributed by atoms with E-state index in [0.29, 0.717) is 22.2 Å². The highest BCUT2D eigenvalue weighted by atomic mass is 32.2. The van der Waals surface area contributed by atoms with Crippen LogP contribution in [0.4, 0.5) is 10.1 Å². The Hall–Kier alpha value is -3.27. The van der Waals surface area contributed by atoms with Gasteiger partial charge in [0.1, 0.15) is 5.82 Å². The van der Waals surface area contributed by atoms with Crippen LogP contribution in [0, 0.1) is 19.7 Å². The minimum Gasteiger partial charge on any atom is -0.329 e. The Morgan fingerprint density at radius 1 is 1.24 bits per heavy atom. The van der Waals surface area contributed by atoms with E-state index in [1.54, 1.807) is 16.8 Å². The molecule has 0 radical (unpaired) electrons. The predicted molar refractivity (Wildman–Crippen MR) is 106 cm³/mol. The standard InChI is InChI=1S/C19H18FN7OS/c1-11-8-12(2)27-18(22-11)24-16(25-27)10-17(28)23-14-9-13(20)4-5-15(14)29-19-21-6-7-26(19)3/h4-9H,10H2,1-3H3,(H,23,28). The molecule has 10 heteroatoms. The molecular weight excluding hydrogens is 393 g/mol. The van der Waals surface area contributed by atoms with Crippen LogP contribution in [-0.4, -0.2) is 35.0 Å². The normalized spacial score (nSPS) is 11.2. The molecule has 29 heavy (non-hydrogen) atoms. The van der Waals surface area contributed by atoms with E-state index in [9.17, 15) is 9.18 Å². The number of carbonyl (C=O) groups is 1. The number of carbonyl (C=O) groups excluding carboxylic acids is 1. The van der Waals surface area contributed by atoms with Crippen LogP contribution < -0.4 is 5.32 Å². The van der Waals surface area contributed by atoms with Crippen molar-refractivity contribution < 1.29 is 9.18 Å². The van der Waals surface area contributed by atoms with Gasteiger partial charge in [0.05, 0.1) is 12.1 Å². The minimum atomic E-state index is -0.439. The summed E-state index contributed by atoms with van der Waals surface area (Å²) >= 11 is 1.34. The monoisotopic (exact) mass is 411 g/mol. The molecule has 148 valence electrons. The van der Waals surface area contributed by atoms with Crippen LogP contribution in [-0.2, 0) is 18.3 Å². The van der Waals surface area contributed by atoms with Crippen LogP contribution in [0.3, 0.4) is 0 Å². The molecule has 0 unspecified atom stereocenters. The molecule has 8 nitrogen and oxygen atoms in total. The number of hydrogen-bond acceptors (Lipinski definition) is 6. The highest BCUT2D eigenvalue weighted by molar-refractivity contribution is 7.99. The van der Waals surface area contributed by atoms with E-state index < -0.39 is 5.82 Å². The van der Waals surface area contributed by atoms with Crippen LogP contribution in [0.25, 0.3) is 5.78 Å². The Morgan fingerprint density at radius 3 is 2.83 bits per heavy atom. The average molecular weight is 411 g/mol. The summed E-state index contributed by atoms with van der Waals surface area (Å²) in [5.74, 6) is 0.00806. The summed E-state index contributed by atoms with van der Waals surface area (Å²) in [4.78, 5) is 26.1. The number of nitrogens with one attached hydrogen (secondary N) is 1. The third-order valence-electron chi connectivity index (χ3n) is 4.17. The Balaban J connectivity index is 1.54. The van der Waals surface area contributed by atoms with Gasteiger partial charge in [0.2, 0.25) is 5.91 Å². The van der Waals surface area contributed by atoms with E-state index in [1.807, 2.05) is 37.7 Å². The molecule has 3 heterocycles. The Bertz CT molecular complexity index is 1220. The first-order valence-corrected chi connectivity index (χ1v) is 9.65. The van der Waals surface area contributed by atoms with E-state index in [-0.39, 0.29) is 12.3 Å². The zero-order valence-corrected chi connectivity index (χ0v) is 16.9. The van der Waals surface area contributed by atoms with E-state index >= 15 is 0 Å². The van der Waals surface area contributed by atoms with Crippen molar-refractivity contribution >= 4 is 29.1 Å². The first kappa shape index (κ1) is 19.1. The molecule has 0 atom stereocenters. The molecule has 0 fully saturated rings. The maximum absolute atomic E-state index is 13.8. The average Bonchev–Trinajstić information content (AvgIpc) is 3.23. The van der Waals surface area contributed by atoms with Gasteiger partial charge in [0.15, 0.2) is 11.0 Å². The summed E-state index contributed by atoms with van der Waals surface area (Å²) < 4.78 is 17.2. The number of hydrogen-bond donors (Lipinski definition) is 1. The molecule has 0 aliphatic carbocycles. The van der Waals surface area contributed by atoms with E-state index in [4.69, 9.17) is 0 Å². The maximum Gasteiger partial charge on any atom is 0.252 e. The van der Waals surface area contributed by atoms with Crippen LogP contribution in [0.2, 0.25) is 0 Å². The van der Waals surface area contributed by atoms with Crippen LogP contribution in [0.5, 0.6) is 0 Å². The van der Waals surface area contributed by atoms with Crippen LogP contribution >= 0.6 is 11.8 Å². The second kappa shape index (κ2) is 7.63. The molecule has 1 N–H and O–H groups in total. The molecule has 4 aromatic rings. The van der Waals surface area contributed by atoms with Gasteiger partial charge in [-0.25, -0.2) is 18.9 Å². The predicted octanol–water partition coefficient (Wildman–Crippen LogP) is 2.95. The molecule has 1 aromatic carbocycles. The van der Waals surface area contributed by atoms with Crippen molar-refractivity contribution in [2.24, 2.45) is 7.05 Å². The van der Waals surface area contributed by atoms with Gasteiger partial charge in [-0.3, -0.25) is 4.79 Å². The van der Waals surface area contributed by atoms with E-state index in [2.05, 4.69) is 25.4 Å². The van der Waals surface area contributed by atoms with Gasteiger partial charge >= 0.3 is 0 Å². The maximum atomic E-state index is 13.8. The highest BCUT2D eigenvalue weighted by Gasteiger charge is 2.15. The van der Waals surface area contributed by atoms with Crippen molar-refractivity contribution in [3.8, 4) is 0 Å². The van der Waals surface area contributed by atoms with Gasteiger partial charge in [-0.15, -0.1) is 5.10 Å². The number of halogens is 1. The van der Waals surface area contributed by atoms with Crippen molar-refractivity contribution in [1.82, 2.24) is 29.1 Å². The minimum absolute atomic E-state index is 0.0507. The Labute approximate surface area is 170 Å². The lowest BCUT2D eigenvalue weighted by atomic mass is 10.3. The van der Waals surface area contributed by atoms with Gasteiger partial charge in [-0.1, -0.05) is 0 Å². The topological polar surface area (TPSA) is 90.0 Å². The number of aryl methyl sites for hydroxylation is 3. The summed E-state index contributed by atoms with van der Waals surface area (Å²) in [5.41, 5.74) is 2.08. The van der Waals surface area contributed by atoms with Crippen molar-refractivity contribution in [3.63, 3.8) is 0 Å². The van der Waals surface area contributed by atoms with Gasteiger partial charge < -0.3 is 9.88 Å². The lowest BCUT2D eigenvalue weighted by molar-refractivity contribution is -0.115. The zero-order chi connectivity index (χ0) is 20.5. The Kier molecular flexibility index (Phi) is 5.01. The number of amides is 1. The number of imidazole rings is 1. The smallest absolute Gasteiger partial charge is 0.252 e. The summed E-state index contributed by atoms with van der Waals surface area (Å²) in [5, 5.41) is 7.82. The van der Waals surface area contributed by atoms with Gasteiger partial charge in [0.25, 0.3) is 5.78 Å². The van der Waals surface area contributed by atoms with Crippen LogP contribution in [0.1, 0.15) is 17.2 Å². The Morgan fingerprint density at radius 2 is 2.07 bits per heavy atom. The SMILES string of the molecule is Cc1cc(C)n2nc(CC(=O)Nc3cc(F)ccc3Sc3nccn3C)nc2n1. The fourth-order valence-electron chi connectivity index (χ4n) is 2.86. The number of anilines is 1. The van der Waals surface area contributed by atoms with Crippen molar-refractivity contribution in [2.45, 2.75) is 30.3 Å². The third-order valence-corrected chi connectivity index (χ3v) is 5.33. The lowest BCUT2D eigenvalue weighted by Gasteiger charge is -2.10. The molecule has 0 saturated carbocycles. The number of benzene rings is 1. The second-order valence-electron chi connectivity index (χ2n) is 6.57. The van der Waals surface area contributed by atoms with Gasteiger partial charge in [-0.2, -0.15) is 4.98 Å². The molecule has 0 aliphatic rings. The summed E-state index contributed by atoms with van der Waals surface area (Å²) in [7, 11) is 1.87. The molecule has 4 rings (SSSR count). The van der Waals surface area contributed by atoms with E-state index in [0.717, 1.165) is 16.5 Å². The van der Waals surface area contributed by atoms with Gasteiger partial charge in [-0.05, 0) is 49.9 Å². The molecule has 0 bridgehead atoms. The quantitative estimate of drug-likeness (QED) is 0.543. The second-order valence-corrected chi connectivity index (χ2v) is 7.58. The molecule has 1 amide bonds.